The van der Waals surface area contributed by atoms with Crippen LogP contribution in [0.25, 0.3) is 0 Å². The molecule has 0 aromatic heterocycles. The van der Waals surface area contributed by atoms with Crippen molar-refractivity contribution in [3.8, 4) is 12.3 Å². The van der Waals surface area contributed by atoms with Gasteiger partial charge < -0.3 is 4.74 Å². The van der Waals surface area contributed by atoms with Crippen LogP contribution in [0, 0.1) is 24.1 Å². The Morgan fingerprint density at radius 1 is 1.17 bits per heavy atom. The number of carbonyl (C=O) groups is 1. The van der Waals surface area contributed by atoms with Crippen molar-refractivity contribution in [2.45, 2.75) is 25.3 Å². The summed E-state index contributed by atoms with van der Waals surface area (Å²) in [5.41, 5.74) is 3.18. The van der Waals surface area contributed by atoms with E-state index in [9.17, 15) is 9.18 Å². The van der Waals surface area contributed by atoms with E-state index in [0.29, 0.717) is 25.6 Å². The van der Waals surface area contributed by atoms with E-state index in [2.05, 4.69) is 16.9 Å². The number of piperidine rings is 1. The van der Waals surface area contributed by atoms with Crippen LogP contribution >= 0.6 is 0 Å². The van der Waals surface area contributed by atoms with Gasteiger partial charge in [-0.05, 0) is 54.6 Å². The zero-order valence-corrected chi connectivity index (χ0v) is 17.1. The van der Waals surface area contributed by atoms with Gasteiger partial charge in [0.2, 0.25) is 0 Å². The molecule has 1 saturated heterocycles. The molecular weight excluding hydrogens is 379 g/mol. The van der Waals surface area contributed by atoms with Crippen molar-refractivity contribution >= 4 is 6.09 Å². The van der Waals surface area contributed by atoms with Gasteiger partial charge in [-0.25, -0.2) is 9.18 Å². The van der Waals surface area contributed by atoms with Crippen molar-refractivity contribution in [1.82, 2.24) is 9.80 Å². The maximum Gasteiger partial charge on any atom is 0.410 e. The molecule has 156 valence electrons. The van der Waals surface area contributed by atoms with E-state index in [-0.39, 0.29) is 18.0 Å². The molecule has 2 aliphatic rings. The van der Waals surface area contributed by atoms with Crippen LogP contribution in [-0.2, 0) is 11.2 Å². The lowest BCUT2D eigenvalue weighted by Gasteiger charge is -2.37. The summed E-state index contributed by atoms with van der Waals surface area (Å²) < 4.78 is 19.3. The molecule has 0 N–H and O–H groups in total. The Hall–Kier alpha value is -2.84. The number of carbonyl (C=O) groups excluding carboxylic acids is 1. The lowest BCUT2D eigenvalue weighted by Crippen LogP contribution is -2.42. The van der Waals surface area contributed by atoms with E-state index in [4.69, 9.17) is 11.2 Å². The van der Waals surface area contributed by atoms with Gasteiger partial charge in [-0.3, -0.25) is 9.80 Å². The minimum absolute atomic E-state index is 0.271. The van der Waals surface area contributed by atoms with Crippen LogP contribution in [0.3, 0.4) is 0 Å². The number of terminal acetylenes is 1. The summed E-state index contributed by atoms with van der Waals surface area (Å²) in [7, 11) is 0. The van der Waals surface area contributed by atoms with Gasteiger partial charge in [0, 0.05) is 19.0 Å². The zero-order valence-electron chi connectivity index (χ0n) is 17.1. The molecule has 2 atom stereocenters. The lowest BCUT2D eigenvalue weighted by molar-refractivity contribution is 0.0595. The Morgan fingerprint density at radius 2 is 1.97 bits per heavy atom. The number of hydrogen-bond acceptors (Lipinski definition) is 3. The monoisotopic (exact) mass is 406 g/mol. The third-order valence-corrected chi connectivity index (χ3v) is 6.06. The maximum absolute atomic E-state index is 13.5. The second kappa shape index (κ2) is 9.32. The first kappa shape index (κ1) is 20.4. The van der Waals surface area contributed by atoms with E-state index in [1.165, 1.54) is 17.7 Å². The largest absolute Gasteiger partial charge is 0.449 e. The van der Waals surface area contributed by atoms with E-state index in [1.807, 2.05) is 18.2 Å². The Morgan fingerprint density at radius 3 is 2.77 bits per heavy atom. The smallest absolute Gasteiger partial charge is 0.410 e. The molecule has 0 spiro atoms. The topological polar surface area (TPSA) is 32.8 Å². The number of benzene rings is 2. The maximum atomic E-state index is 13.5. The number of nitrogens with zero attached hydrogens (tertiary/aromatic N) is 2. The summed E-state index contributed by atoms with van der Waals surface area (Å²) in [5.74, 6) is 2.71. The van der Waals surface area contributed by atoms with Crippen molar-refractivity contribution < 1.29 is 13.9 Å². The van der Waals surface area contributed by atoms with Crippen LogP contribution in [-0.4, -0.2) is 48.7 Å². The minimum atomic E-state index is -0.312. The van der Waals surface area contributed by atoms with Gasteiger partial charge in [0.1, 0.15) is 5.82 Å². The summed E-state index contributed by atoms with van der Waals surface area (Å²) >= 11 is 0. The number of amides is 1. The first-order valence-corrected chi connectivity index (χ1v) is 10.6. The van der Waals surface area contributed by atoms with Crippen molar-refractivity contribution in [3.63, 3.8) is 0 Å². The molecule has 30 heavy (non-hydrogen) atoms. The van der Waals surface area contributed by atoms with Crippen LogP contribution in [0.2, 0.25) is 0 Å². The number of ether oxygens (including phenoxy) is 1. The van der Waals surface area contributed by atoms with Crippen LogP contribution in [0.4, 0.5) is 9.18 Å². The summed E-state index contributed by atoms with van der Waals surface area (Å²) in [4.78, 5) is 17.1. The molecule has 2 aromatic carbocycles. The standard InChI is InChI=1S/C25H27FN2O2/c1-2-14-27-15-5-6-19(17-27)18-30-25(29)28-16-13-20-7-3-4-8-23(20)24(28)21-9-11-22(26)12-10-21/h1,3-4,7-12,19,24H,5-6,13-18H2/t19?,24-/m0/s1. The Bertz CT molecular complexity index is 921. The molecule has 2 heterocycles. The highest BCUT2D eigenvalue weighted by Gasteiger charge is 2.33. The molecule has 2 aromatic rings. The van der Waals surface area contributed by atoms with Crippen LogP contribution in [0.15, 0.2) is 48.5 Å². The van der Waals surface area contributed by atoms with E-state index >= 15 is 0 Å². The van der Waals surface area contributed by atoms with Gasteiger partial charge in [-0.2, -0.15) is 0 Å². The van der Waals surface area contributed by atoms with Gasteiger partial charge in [-0.1, -0.05) is 42.3 Å². The second-order valence-electron chi connectivity index (χ2n) is 8.12. The number of hydrogen-bond donors (Lipinski definition) is 0. The Labute approximate surface area is 177 Å². The quantitative estimate of drug-likeness (QED) is 0.712. The number of halogens is 1. The molecule has 0 radical (unpaired) electrons. The molecule has 1 unspecified atom stereocenters. The molecule has 2 aliphatic heterocycles. The average Bonchev–Trinajstić information content (AvgIpc) is 2.78. The third kappa shape index (κ3) is 4.49. The zero-order chi connectivity index (χ0) is 20.9. The van der Waals surface area contributed by atoms with Crippen LogP contribution < -0.4 is 0 Å². The molecule has 4 nitrogen and oxygen atoms in total. The fraction of sp³-hybridized carbons (Fsp3) is 0.400. The second-order valence-corrected chi connectivity index (χ2v) is 8.12. The van der Waals surface area contributed by atoms with Crippen molar-refractivity contribution in [2.75, 3.05) is 32.8 Å². The van der Waals surface area contributed by atoms with Gasteiger partial charge in [0.05, 0.1) is 19.2 Å². The molecule has 0 saturated carbocycles. The highest BCUT2D eigenvalue weighted by molar-refractivity contribution is 5.70. The molecule has 1 fully saturated rings. The minimum Gasteiger partial charge on any atom is -0.449 e. The van der Waals surface area contributed by atoms with Crippen molar-refractivity contribution in [2.24, 2.45) is 5.92 Å². The van der Waals surface area contributed by atoms with Crippen LogP contribution in [0.5, 0.6) is 0 Å². The summed E-state index contributed by atoms with van der Waals surface area (Å²) in [6, 6.07) is 14.2. The number of fused-ring (bicyclic) bond motifs is 1. The average molecular weight is 407 g/mol. The lowest BCUT2D eigenvalue weighted by atomic mass is 9.88. The number of likely N-dealkylation sites (tertiary alicyclic amines) is 1. The van der Waals surface area contributed by atoms with Gasteiger partial charge in [0.15, 0.2) is 0 Å². The first-order chi connectivity index (χ1) is 14.7. The molecule has 5 heteroatoms. The van der Waals surface area contributed by atoms with E-state index in [0.717, 1.165) is 43.5 Å². The summed E-state index contributed by atoms with van der Waals surface area (Å²) in [5, 5.41) is 0. The molecule has 4 rings (SSSR count). The number of rotatable bonds is 4. The molecule has 0 aliphatic carbocycles. The summed E-state index contributed by atoms with van der Waals surface area (Å²) in [6.45, 7) is 3.48. The van der Waals surface area contributed by atoms with Crippen molar-refractivity contribution in [3.05, 3.63) is 71.0 Å². The first-order valence-electron chi connectivity index (χ1n) is 10.6. The van der Waals surface area contributed by atoms with Gasteiger partial charge in [0.25, 0.3) is 0 Å². The van der Waals surface area contributed by atoms with E-state index in [1.54, 1.807) is 17.0 Å². The molecular formula is C25H27FN2O2. The Kier molecular flexibility index (Phi) is 6.35. The highest BCUT2D eigenvalue weighted by atomic mass is 19.1. The third-order valence-electron chi connectivity index (χ3n) is 6.06. The molecule has 1 amide bonds. The summed E-state index contributed by atoms with van der Waals surface area (Å²) in [6.07, 6.45) is 8.01. The van der Waals surface area contributed by atoms with Gasteiger partial charge >= 0.3 is 6.09 Å². The normalized spacial score (nSPS) is 21.5. The highest BCUT2D eigenvalue weighted by Crippen LogP contribution is 2.35. The van der Waals surface area contributed by atoms with Crippen molar-refractivity contribution in [1.29, 1.82) is 0 Å². The van der Waals surface area contributed by atoms with Gasteiger partial charge in [-0.15, -0.1) is 6.42 Å². The van der Waals surface area contributed by atoms with E-state index < -0.39 is 0 Å². The predicted molar refractivity (Wildman–Crippen MR) is 114 cm³/mol. The fourth-order valence-electron chi connectivity index (χ4n) is 4.60. The van der Waals surface area contributed by atoms with Crippen LogP contribution in [0.1, 0.15) is 35.6 Å². The Balaban J connectivity index is 1.49. The fourth-order valence-corrected chi connectivity index (χ4v) is 4.60. The molecule has 0 bridgehead atoms. The SMILES string of the molecule is C#CCN1CCCC(COC(=O)N2CCc3ccccc3[C@@H]2c2ccc(F)cc2)C1. The predicted octanol–water partition coefficient (Wildman–Crippen LogP) is 4.26.